The molecule has 0 radical (unpaired) electrons. The third-order valence-corrected chi connectivity index (χ3v) is 5.89. The molecule has 2 saturated carbocycles. The molecule has 0 N–H and O–H groups in total. The predicted octanol–water partition coefficient (Wildman–Crippen LogP) is 2.08. The molecule has 5 heteroatoms. The van der Waals surface area contributed by atoms with Gasteiger partial charge in [0.15, 0.2) is 0 Å². The lowest BCUT2D eigenvalue weighted by Gasteiger charge is -2.19. The second-order valence-electron chi connectivity index (χ2n) is 7.85. The van der Waals surface area contributed by atoms with E-state index in [1.165, 1.54) is 12.8 Å². The molecule has 3 aliphatic rings. The van der Waals surface area contributed by atoms with Crippen molar-refractivity contribution in [1.82, 2.24) is 14.8 Å². The highest BCUT2D eigenvalue weighted by Crippen LogP contribution is 2.59. The van der Waals surface area contributed by atoms with E-state index < -0.39 is 0 Å². The van der Waals surface area contributed by atoms with Gasteiger partial charge in [0, 0.05) is 44.1 Å². The zero-order valence-electron chi connectivity index (χ0n) is 14.3. The number of nitrogens with zero attached hydrogens (tertiary/aromatic N) is 3. The van der Waals surface area contributed by atoms with Crippen molar-refractivity contribution in [2.75, 3.05) is 20.1 Å². The minimum atomic E-state index is 0.0642. The third kappa shape index (κ3) is 3.04. The van der Waals surface area contributed by atoms with Gasteiger partial charge >= 0.3 is 0 Å². The SMILES string of the molecule is CN(Cc1ccccn1)C(=O)[C@H]1C[C@]12CCN(C(=O)CC1CC1)C2. The van der Waals surface area contributed by atoms with Gasteiger partial charge in [0.25, 0.3) is 0 Å². The number of amides is 2. The van der Waals surface area contributed by atoms with Crippen LogP contribution in [0.1, 0.15) is 37.8 Å². The molecular formula is C19H25N3O2. The molecule has 0 aromatic carbocycles. The molecule has 4 rings (SSSR count). The monoisotopic (exact) mass is 327 g/mol. The summed E-state index contributed by atoms with van der Waals surface area (Å²) >= 11 is 0. The molecule has 1 saturated heterocycles. The summed E-state index contributed by atoms with van der Waals surface area (Å²) in [6, 6.07) is 5.77. The van der Waals surface area contributed by atoms with Gasteiger partial charge in [-0.2, -0.15) is 0 Å². The Hall–Kier alpha value is -1.91. The van der Waals surface area contributed by atoms with Crippen molar-refractivity contribution in [1.29, 1.82) is 0 Å². The molecule has 5 nitrogen and oxygen atoms in total. The number of rotatable bonds is 5. The van der Waals surface area contributed by atoms with Crippen LogP contribution in [0.4, 0.5) is 0 Å². The van der Waals surface area contributed by atoms with Crippen LogP contribution in [0.25, 0.3) is 0 Å². The van der Waals surface area contributed by atoms with E-state index in [1.54, 1.807) is 11.1 Å². The zero-order valence-corrected chi connectivity index (χ0v) is 14.3. The average molecular weight is 327 g/mol. The molecule has 2 atom stereocenters. The van der Waals surface area contributed by atoms with E-state index in [1.807, 2.05) is 30.1 Å². The van der Waals surface area contributed by atoms with Crippen LogP contribution in [0.5, 0.6) is 0 Å². The molecule has 2 heterocycles. The first-order valence-electron chi connectivity index (χ1n) is 9.00. The second-order valence-corrected chi connectivity index (χ2v) is 7.85. The molecule has 1 aromatic rings. The second kappa shape index (κ2) is 5.87. The van der Waals surface area contributed by atoms with Crippen molar-refractivity contribution < 1.29 is 9.59 Å². The average Bonchev–Trinajstić information content (AvgIpc) is 3.46. The molecule has 24 heavy (non-hydrogen) atoms. The number of carbonyl (C=O) groups is 2. The van der Waals surface area contributed by atoms with Crippen molar-refractivity contribution in [3.8, 4) is 0 Å². The highest BCUT2D eigenvalue weighted by atomic mass is 16.2. The minimum Gasteiger partial charge on any atom is -0.342 e. The smallest absolute Gasteiger partial charge is 0.226 e. The first-order chi connectivity index (χ1) is 11.6. The maximum absolute atomic E-state index is 12.7. The molecule has 1 aromatic heterocycles. The fraction of sp³-hybridized carbons (Fsp3) is 0.632. The summed E-state index contributed by atoms with van der Waals surface area (Å²) in [5.41, 5.74) is 0.977. The Morgan fingerprint density at radius 1 is 1.38 bits per heavy atom. The van der Waals surface area contributed by atoms with Crippen LogP contribution in [0.2, 0.25) is 0 Å². The molecule has 2 aliphatic carbocycles. The minimum absolute atomic E-state index is 0.0642. The Kier molecular flexibility index (Phi) is 3.82. The molecular weight excluding hydrogens is 302 g/mol. The van der Waals surface area contributed by atoms with Crippen molar-refractivity contribution >= 4 is 11.8 Å². The van der Waals surface area contributed by atoms with Crippen LogP contribution in [-0.4, -0.2) is 46.7 Å². The molecule has 1 aliphatic heterocycles. The fourth-order valence-corrected chi connectivity index (χ4v) is 4.03. The van der Waals surface area contributed by atoms with Crippen LogP contribution < -0.4 is 0 Å². The van der Waals surface area contributed by atoms with Gasteiger partial charge in [-0.3, -0.25) is 14.6 Å². The van der Waals surface area contributed by atoms with Crippen LogP contribution in [0, 0.1) is 17.3 Å². The Morgan fingerprint density at radius 2 is 2.21 bits per heavy atom. The van der Waals surface area contributed by atoms with E-state index in [0.29, 0.717) is 24.8 Å². The van der Waals surface area contributed by atoms with E-state index in [4.69, 9.17) is 0 Å². The summed E-state index contributed by atoms with van der Waals surface area (Å²) in [4.78, 5) is 33.1. The third-order valence-electron chi connectivity index (χ3n) is 5.89. The lowest BCUT2D eigenvalue weighted by atomic mass is 10.0. The van der Waals surface area contributed by atoms with Crippen LogP contribution in [-0.2, 0) is 16.1 Å². The maximum atomic E-state index is 12.7. The predicted molar refractivity (Wildman–Crippen MR) is 89.8 cm³/mol. The molecule has 3 fully saturated rings. The maximum Gasteiger partial charge on any atom is 0.226 e. The number of hydrogen-bond donors (Lipinski definition) is 0. The number of hydrogen-bond acceptors (Lipinski definition) is 3. The van der Waals surface area contributed by atoms with Crippen molar-refractivity contribution in [3.05, 3.63) is 30.1 Å². The summed E-state index contributed by atoms with van der Waals surface area (Å²) in [5.74, 6) is 1.23. The summed E-state index contributed by atoms with van der Waals surface area (Å²) < 4.78 is 0. The van der Waals surface area contributed by atoms with Crippen LogP contribution in [0.3, 0.4) is 0 Å². The van der Waals surface area contributed by atoms with E-state index in [9.17, 15) is 9.59 Å². The van der Waals surface area contributed by atoms with E-state index in [2.05, 4.69) is 4.98 Å². The van der Waals surface area contributed by atoms with Gasteiger partial charge in [-0.05, 0) is 43.7 Å². The summed E-state index contributed by atoms with van der Waals surface area (Å²) in [6.07, 6.45) is 6.82. The molecule has 128 valence electrons. The van der Waals surface area contributed by atoms with E-state index >= 15 is 0 Å². The normalized spacial score (nSPS) is 28.2. The van der Waals surface area contributed by atoms with Crippen molar-refractivity contribution in [2.45, 2.75) is 38.6 Å². The Balaban J connectivity index is 1.32. The molecule has 0 bridgehead atoms. The number of carbonyl (C=O) groups excluding carboxylic acids is 2. The van der Waals surface area contributed by atoms with Gasteiger partial charge in [-0.1, -0.05) is 6.07 Å². The van der Waals surface area contributed by atoms with Crippen molar-refractivity contribution in [3.63, 3.8) is 0 Å². The first kappa shape index (κ1) is 15.6. The van der Waals surface area contributed by atoms with Crippen LogP contribution >= 0.6 is 0 Å². The van der Waals surface area contributed by atoms with Crippen LogP contribution in [0.15, 0.2) is 24.4 Å². The summed E-state index contributed by atoms with van der Waals surface area (Å²) in [6.45, 7) is 2.17. The lowest BCUT2D eigenvalue weighted by molar-refractivity contribution is -0.133. The number of pyridine rings is 1. The standard InChI is InChI=1S/C19H25N3O2/c1-21(12-15-4-2-3-8-20-15)18(24)16-11-19(16)7-9-22(13-19)17(23)10-14-5-6-14/h2-4,8,14,16H,5-7,9-13H2,1H3/t16-,19+/m1/s1. The first-order valence-corrected chi connectivity index (χ1v) is 9.00. The van der Waals surface area contributed by atoms with E-state index in [0.717, 1.165) is 31.6 Å². The number of aromatic nitrogens is 1. The fourth-order valence-electron chi connectivity index (χ4n) is 4.03. The Morgan fingerprint density at radius 3 is 2.92 bits per heavy atom. The van der Waals surface area contributed by atoms with Gasteiger partial charge in [-0.25, -0.2) is 0 Å². The molecule has 2 amide bonds. The Bertz CT molecular complexity index is 643. The van der Waals surface area contributed by atoms with Gasteiger partial charge < -0.3 is 9.80 Å². The summed E-state index contributed by atoms with van der Waals surface area (Å²) in [5, 5.41) is 0. The quantitative estimate of drug-likeness (QED) is 0.832. The molecule has 1 spiro atoms. The van der Waals surface area contributed by atoms with Gasteiger partial charge in [-0.15, -0.1) is 0 Å². The highest BCUT2D eigenvalue weighted by Gasteiger charge is 2.61. The topological polar surface area (TPSA) is 53.5 Å². The zero-order chi connectivity index (χ0) is 16.7. The lowest BCUT2D eigenvalue weighted by Crippen LogP contribution is -2.32. The van der Waals surface area contributed by atoms with Gasteiger partial charge in [0.05, 0.1) is 12.2 Å². The Labute approximate surface area is 143 Å². The molecule has 0 unspecified atom stereocenters. The van der Waals surface area contributed by atoms with Crippen molar-refractivity contribution in [2.24, 2.45) is 17.3 Å². The number of likely N-dealkylation sites (tertiary alicyclic amines) is 1. The largest absolute Gasteiger partial charge is 0.342 e. The van der Waals surface area contributed by atoms with Gasteiger partial charge in [0.2, 0.25) is 11.8 Å². The van der Waals surface area contributed by atoms with Gasteiger partial charge in [0.1, 0.15) is 0 Å². The van der Waals surface area contributed by atoms with E-state index in [-0.39, 0.29) is 17.2 Å². The highest BCUT2D eigenvalue weighted by molar-refractivity contribution is 5.83. The summed E-state index contributed by atoms with van der Waals surface area (Å²) in [7, 11) is 1.86.